The van der Waals surface area contributed by atoms with E-state index >= 15 is 0 Å². The number of carbonyl (C=O) groups excluding carboxylic acids is 1. The van der Waals surface area contributed by atoms with Crippen LogP contribution in [0, 0.1) is 23.2 Å². The molecule has 33 heavy (non-hydrogen) atoms. The number of amides is 1. The molecular formula is C27H37N5O. The zero-order valence-electron chi connectivity index (χ0n) is 20.1. The van der Waals surface area contributed by atoms with Gasteiger partial charge in [0.1, 0.15) is 5.84 Å². The molecule has 1 saturated carbocycles. The molecule has 1 aliphatic carbocycles. The SMILES string of the molecule is CC(C)[C@H]1CC[C@@H](N2CCC3(CC2)C(=O)N(CC2=NCCN2)Cc2cc(C#N)ccc23)CC1. The number of nitriles is 1. The summed E-state index contributed by atoms with van der Waals surface area (Å²) >= 11 is 0. The number of nitrogens with one attached hydrogen (secondary N) is 1. The van der Waals surface area contributed by atoms with Gasteiger partial charge in [-0.05, 0) is 86.7 Å². The fourth-order valence-corrected chi connectivity index (χ4v) is 6.71. The van der Waals surface area contributed by atoms with E-state index in [-0.39, 0.29) is 5.91 Å². The van der Waals surface area contributed by atoms with Crippen LogP contribution in [-0.4, -0.2) is 60.3 Å². The number of hydrogen-bond donors (Lipinski definition) is 1. The number of fused-ring (bicyclic) bond motifs is 2. The smallest absolute Gasteiger partial charge is 0.234 e. The lowest BCUT2D eigenvalue weighted by Crippen LogP contribution is -2.58. The third-order valence-corrected chi connectivity index (χ3v) is 8.74. The second-order valence-electron chi connectivity index (χ2n) is 10.8. The number of benzene rings is 1. The zero-order chi connectivity index (χ0) is 23.0. The highest BCUT2D eigenvalue weighted by Crippen LogP contribution is 2.44. The first-order valence-electron chi connectivity index (χ1n) is 12.8. The van der Waals surface area contributed by atoms with Crippen molar-refractivity contribution < 1.29 is 4.79 Å². The minimum Gasteiger partial charge on any atom is -0.370 e. The van der Waals surface area contributed by atoms with Crippen LogP contribution in [0.2, 0.25) is 0 Å². The Hall–Kier alpha value is -2.39. The molecule has 0 radical (unpaired) electrons. The number of carbonyl (C=O) groups is 1. The van der Waals surface area contributed by atoms with Gasteiger partial charge in [0.2, 0.25) is 5.91 Å². The first kappa shape index (κ1) is 22.4. The van der Waals surface area contributed by atoms with E-state index in [1.165, 1.54) is 25.7 Å². The molecule has 0 bridgehead atoms. The molecule has 1 amide bonds. The molecule has 176 valence electrons. The predicted octanol–water partition coefficient (Wildman–Crippen LogP) is 3.45. The Labute approximate surface area is 198 Å². The van der Waals surface area contributed by atoms with Gasteiger partial charge in [0.25, 0.3) is 0 Å². The van der Waals surface area contributed by atoms with Crippen molar-refractivity contribution in [3.05, 3.63) is 34.9 Å². The van der Waals surface area contributed by atoms with Gasteiger partial charge in [-0.1, -0.05) is 19.9 Å². The van der Waals surface area contributed by atoms with Crippen molar-refractivity contribution in [2.75, 3.05) is 32.7 Å². The maximum Gasteiger partial charge on any atom is 0.234 e. The highest BCUT2D eigenvalue weighted by Gasteiger charge is 2.49. The van der Waals surface area contributed by atoms with Crippen LogP contribution in [0.4, 0.5) is 0 Å². The number of rotatable bonds is 4. The molecule has 0 atom stereocenters. The lowest BCUT2D eigenvalue weighted by molar-refractivity contribution is -0.141. The van der Waals surface area contributed by atoms with Crippen molar-refractivity contribution in [1.29, 1.82) is 5.26 Å². The van der Waals surface area contributed by atoms with Crippen LogP contribution in [0.3, 0.4) is 0 Å². The average Bonchev–Trinajstić information content (AvgIpc) is 3.36. The summed E-state index contributed by atoms with van der Waals surface area (Å²) in [6.07, 6.45) is 7.00. The quantitative estimate of drug-likeness (QED) is 0.767. The summed E-state index contributed by atoms with van der Waals surface area (Å²) in [4.78, 5) is 23.1. The number of hydrogen-bond acceptors (Lipinski definition) is 5. The molecule has 1 saturated heterocycles. The maximum atomic E-state index is 14.0. The molecule has 0 aromatic heterocycles. The van der Waals surface area contributed by atoms with E-state index < -0.39 is 5.41 Å². The fraction of sp³-hybridized carbons (Fsp3) is 0.667. The summed E-state index contributed by atoms with van der Waals surface area (Å²) < 4.78 is 0. The van der Waals surface area contributed by atoms with Crippen LogP contribution in [0.5, 0.6) is 0 Å². The molecule has 3 aliphatic heterocycles. The standard InChI is InChI=1S/C27H37N5O/c1-19(2)21-4-6-23(7-5-21)31-13-9-27(10-14-31)24-8-3-20(16-28)15-22(24)17-32(26(27)33)18-25-29-11-12-30-25/h3,8,15,19,21,23H,4-7,9-14,17-18H2,1-2H3,(H,29,30)/t21-,23+. The lowest BCUT2D eigenvalue weighted by Gasteiger charge is -2.49. The van der Waals surface area contributed by atoms with Gasteiger partial charge in [0.05, 0.1) is 30.1 Å². The van der Waals surface area contributed by atoms with E-state index in [0.29, 0.717) is 24.7 Å². The molecule has 4 aliphatic rings. The van der Waals surface area contributed by atoms with Crippen molar-refractivity contribution in [3.63, 3.8) is 0 Å². The van der Waals surface area contributed by atoms with E-state index in [9.17, 15) is 10.1 Å². The number of amidine groups is 1. The van der Waals surface area contributed by atoms with Gasteiger partial charge in [-0.3, -0.25) is 9.79 Å². The molecule has 1 aromatic carbocycles. The topological polar surface area (TPSA) is 71.7 Å². The Balaban J connectivity index is 1.36. The normalized spacial score (nSPS) is 27.3. The molecule has 0 unspecified atom stereocenters. The fourth-order valence-electron chi connectivity index (χ4n) is 6.71. The minimum atomic E-state index is -0.466. The van der Waals surface area contributed by atoms with Crippen molar-refractivity contribution >= 4 is 11.7 Å². The van der Waals surface area contributed by atoms with Crippen molar-refractivity contribution in [3.8, 4) is 6.07 Å². The van der Waals surface area contributed by atoms with Crippen LogP contribution in [0.25, 0.3) is 0 Å². The minimum absolute atomic E-state index is 0.249. The molecular weight excluding hydrogens is 410 g/mol. The second-order valence-corrected chi connectivity index (χ2v) is 10.8. The number of likely N-dealkylation sites (tertiary alicyclic amines) is 1. The van der Waals surface area contributed by atoms with Crippen molar-refractivity contribution in [1.82, 2.24) is 15.1 Å². The van der Waals surface area contributed by atoms with Crippen LogP contribution < -0.4 is 5.32 Å². The number of piperidine rings is 1. The van der Waals surface area contributed by atoms with E-state index in [1.807, 2.05) is 17.0 Å². The average molecular weight is 448 g/mol. The van der Waals surface area contributed by atoms with E-state index in [2.05, 4.69) is 41.2 Å². The molecule has 1 aromatic rings. The Morgan fingerprint density at radius 1 is 1.21 bits per heavy atom. The zero-order valence-corrected chi connectivity index (χ0v) is 20.1. The van der Waals surface area contributed by atoms with Gasteiger partial charge in [-0.15, -0.1) is 0 Å². The Morgan fingerprint density at radius 3 is 2.61 bits per heavy atom. The molecule has 6 heteroatoms. The maximum absolute atomic E-state index is 14.0. The van der Waals surface area contributed by atoms with Gasteiger partial charge < -0.3 is 15.1 Å². The Kier molecular flexibility index (Phi) is 6.18. The first-order chi connectivity index (χ1) is 16.0. The van der Waals surface area contributed by atoms with Gasteiger partial charge in [0, 0.05) is 19.1 Å². The Bertz CT molecular complexity index is 961. The second kappa shape index (κ2) is 9.10. The molecule has 5 rings (SSSR count). The molecule has 1 N–H and O–H groups in total. The third-order valence-electron chi connectivity index (χ3n) is 8.74. The first-order valence-corrected chi connectivity index (χ1v) is 12.8. The van der Waals surface area contributed by atoms with Crippen LogP contribution in [0.15, 0.2) is 23.2 Å². The summed E-state index contributed by atoms with van der Waals surface area (Å²) in [5, 5.41) is 12.8. The summed E-state index contributed by atoms with van der Waals surface area (Å²) in [7, 11) is 0. The largest absolute Gasteiger partial charge is 0.370 e. The summed E-state index contributed by atoms with van der Waals surface area (Å²) in [6, 6.07) is 8.91. The molecule has 2 fully saturated rings. The molecule has 6 nitrogen and oxygen atoms in total. The third kappa shape index (κ3) is 4.17. The van der Waals surface area contributed by atoms with Gasteiger partial charge in [0.15, 0.2) is 0 Å². The summed E-state index contributed by atoms with van der Waals surface area (Å²) in [6.45, 7) is 9.42. The monoisotopic (exact) mass is 447 g/mol. The van der Waals surface area contributed by atoms with Crippen LogP contribution in [-0.2, 0) is 16.8 Å². The summed E-state index contributed by atoms with van der Waals surface area (Å²) in [5.74, 6) is 2.83. The number of nitrogens with zero attached hydrogens (tertiary/aromatic N) is 4. The van der Waals surface area contributed by atoms with Crippen molar-refractivity contribution in [2.45, 2.75) is 70.4 Å². The highest BCUT2D eigenvalue weighted by atomic mass is 16.2. The molecule has 3 heterocycles. The Morgan fingerprint density at radius 2 is 1.97 bits per heavy atom. The molecule has 1 spiro atoms. The van der Waals surface area contributed by atoms with E-state index in [4.69, 9.17) is 0 Å². The van der Waals surface area contributed by atoms with Crippen LogP contribution in [0.1, 0.15) is 69.1 Å². The number of aliphatic imine (C=N–C) groups is 1. The van der Waals surface area contributed by atoms with Gasteiger partial charge in [-0.2, -0.15) is 5.26 Å². The van der Waals surface area contributed by atoms with E-state index in [1.54, 1.807) is 0 Å². The summed E-state index contributed by atoms with van der Waals surface area (Å²) in [5.41, 5.74) is 2.51. The van der Waals surface area contributed by atoms with Crippen molar-refractivity contribution in [2.24, 2.45) is 16.8 Å². The lowest BCUT2D eigenvalue weighted by atomic mass is 9.67. The van der Waals surface area contributed by atoms with Crippen LogP contribution >= 0.6 is 0 Å². The van der Waals surface area contributed by atoms with Gasteiger partial charge in [-0.25, -0.2) is 0 Å². The predicted molar refractivity (Wildman–Crippen MR) is 130 cm³/mol. The highest BCUT2D eigenvalue weighted by molar-refractivity contribution is 5.95. The van der Waals surface area contributed by atoms with Gasteiger partial charge >= 0.3 is 0 Å². The van der Waals surface area contributed by atoms with E-state index in [0.717, 1.165) is 67.8 Å².